The molecule has 10 aliphatic rings. The molecule has 0 amide bonds. The number of carbonyl (C=O) groups is 1. The molecule has 11 heteroatoms. The summed E-state index contributed by atoms with van der Waals surface area (Å²) < 4.78 is 51.3. The molecule has 10 bridgehead atoms. The van der Waals surface area contributed by atoms with E-state index in [0.29, 0.717) is 119 Å². The standard InChI is InChI=1S/C58H66O11/c1-9-62-50-30-42-23-44-32-56(68-15-7)46(34-54(44)66-13-5)25-47-35-55(67-14-6)45(33-57(47)69-16-8)24-43-31-51(63-10-2)41(29-53(43)65-12-4)22-39-26-48(36-18-17-19-37(20-36)58(60)61)38(27-49(39)59)21-40(50)28-52(42)64-11-3/h17-20,26-35,59H,9-16,21-25H2,1-8H3,(H,60,61). The van der Waals surface area contributed by atoms with Gasteiger partial charge in [-0.05, 0) is 150 Å². The molecule has 0 spiro atoms. The first kappa shape index (κ1) is 49.9. The molecule has 16 rings (SSSR count). The molecule has 10 aliphatic carbocycles. The topological polar surface area (TPSA) is 131 Å². The van der Waals surface area contributed by atoms with Gasteiger partial charge >= 0.3 is 5.97 Å². The van der Waals surface area contributed by atoms with Gasteiger partial charge in [0, 0.05) is 76.6 Å². The van der Waals surface area contributed by atoms with Crippen LogP contribution in [0.4, 0.5) is 0 Å². The van der Waals surface area contributed by atoms with Crippen molar-refractivity contribution in [2.45, 2.75) is 87.5 Å². The highest BCUT2D eigenvalue weighted by atomic mass is 16.5. The maximum absolute atomic E-state index is 12.3. The van der Waals surface area contributed by atoms with Gasteiger partial charge in [0.2, 0.25) is 0 Å². The molecule has 6 aromatic rings. The fourth-order valence-electron chi connectivity index (χ4n) is 9.08. The molecular weight excluding hydrogens is 873 g/mol. The quantitative estimate of drug-likeness (QED) is 0.0852. The van der Waals surface area contributed by atoms with Gasteiger partial charge in [-0.3, -0.25) is 0 Å². The minimum atomic E-state index is -1.03. The van der Waals surface area contributed by atoms with E-state index in [9.17, 15) is 15.0 Å². The van der Waals surface area contributed by atoms with E-state index in [4.69, 9.17) is 37.9 Å². The van der Waals surface area contributed by atoms with Gasteiger partial charge in [-0.2, -0.15) is 0 Å². The molecule has 2 N–H and O–H groups in total. The molecule has 0 radical (unpaired) electrons. The van der Waals surface area contributed by atoms with Crippen molar-refractivity contribution in [3.05, 3.63) is 146 Å². The van der Waals surface area contributed by atoms with Crippen molar-refractivity contribution in [2.75, 3.05) is 52.9 Å². The Morgan fingerprint density at radius 1 is 0.377 bits per heavy atom. The number of ether oxygens (including phenoxy) is 8. The zero-order chi connectivity index (χ0) is 49.0. The van der Waals surface area contributed by atoms with E-state index >= 15 is 0 Å². The number of hydrogen-bond acceptors (Lipinski definition) is 10. The number of phenols is 1. The van der Waals surface area contributed by atoms with Crippen molar-refractivity contribution in [3.8, 4) is 62.9 Å². The van der Waals surface area contributed by atoms with Gasteiger partial charge in [0.15, 0.2) is 0 Å². The summed E-state index contributed by atoms with van der Waals surface area (Å²) in [5.74, 6) is 4.66. The number of phenolic OH excluding ortho intramolecular Hbond substituents is 1. The first-order valence-corrected chi connectivity index (χ1v) is 24.4. The van der Waals surface area contributed by atoms with Gasteiger partial charge in [0.1, 0.15) is 51.7 Å². The maximum atomic E-state index is 12.3. The second-order valence-electron chi connectivity index (χ2n) is 16.6. The molecule has 0 heterocycles. The van der Waals surface area contributed by atoms with Gasteiger partial charge in [-0.15, -0.1) is 0 Å². The van der Waals surface area contributed by atoms with Crippen LogP contribution >= 0.6 is 0 Å². The smallest absolute Gasteiger partial charge is 0.335 e. The zero-order valence-corrected chi connectivity index (χ0v) is 41.3. The second kappa shape index (κ2) is 23.3. The summed E-state index contributed by atoms with van der Waals surface area (Å²) in [6.07, 6.45) is 2.03. The van der Waals surface area contributed by atoms with E-state index in [1.807, 2.05) is 91.8 Å². The van der Waals surface area contributed by atoms with Crippen LogP contribution in [-0.4, -0.2) is 69.0 Å². The number of carboxylic acid groups (broad SMARTS) is 1. The summed E-state index contributed by atoms with van der Waals surface area (Å²) in [7, 11) is 0. The van der Waals surface area contributed by atoms with Crippen LogP contribution in [0.3, 0.4) is 0 Å². The Labute approximate surface area is 406 Å². The van der Waals surface area contributed by atoms with Crippen molar-refractivity contribution in [1.82, 2.24) is 0 Å². The van der Waals surface area contributed by atoms with E-state index in [1.165, 1.54) is 0 Å². The van der Waals surface area contributed by atoms with Crippen molar-refractivity contribution in [3.63, 3.8) is 0 Å². The molecule has 0 atom stereocenters. The van der Waals surface area contributed by atoms with Crippen LogP contribution in [0.1, 0.15) is 121 Å². The van der Waals surface area contributed by atoms with Gasteiger partial charge < -0.3 is 48.1 Å². The lowest BCUT2D eigenvalue weighted by molar-refractivity contribution is 0.0697. The summed E-state index contributed by atoms with van der Waals surface area (Å²) >= 11 is 0. The van der Waals surface area contributed by atoms with Crippen LogP contribution < -0.4 is 37.9 Å². The Balaban J connectivity index is 1.54. The van der Waals surface area contributed by atoms with Gasteiger partial charge in [-0.25, -0.2) is 4.79 Å². The van der Waals surface area contributed by atoms with E-state index in [0.717, 1.165) is 78.6 Å². The SMILES string of the molecule is CCOc1cc2c(OCC)cc1Cc1cc(-c3cccc(C(=O)O)c3)c(cc1O)Cc1cc(OCC)c(cc1OCC)Cc1cc(OCC)c(cc1OCC)Cc1cc(OCC)c(cc1OCC)C2. The van der Waals surface area contributed by atoms with Gasteiger partial charge in [0.05, 0.1) is 58.4 Å². The third-order valence-corrected chi connectivity index (χ3v) is 12.0. The Bertz CT molecular complexity index is 2760. The lowest BCUT2D eigenvalue weighted by Crippen LogP contribution is -2.08. The Kier molecular flexibility index (Phi) is 16.9. The summed E-state index contributed by atoms with van der Waals surface area (Å²) in [6, 6.07) is 27.0. The van der Waals surface area contributed by atoms with Crippen LogP contribution in [0.15, 0.2) is 84.9 Å². The van der Waals surface area contributed by atoms with Gasteiger partial charge in [-0.1, -0.05) is 12.1 Å². The summed E-state index contributed by atoms with van der Waals surface area (Å²) in [4.78, 5) is 12.3. The first-order valence-electron chi connectivity index (χ1n) is 24.4. The van der Waals surface area contributed by atoms with Crippen LogP contribution in [0.2, 0.25) is 0 Å². The molecule has 11 nitrogen and oxygen atoms in total. The van der Waals surface area contributed by atoms with E-state index < -0.39 is 5.97 Å². The van der Waals surface area contributed by atoms with Gasteiger partial charge in [0.25, 0.3) is 0 Å². The van der Waals surface area contributed by atoms with E-state index in [1.54, 1.807) is 24.3 Å². The van der Waals surface area contributed by atoms with Crippen molar-refractivity contribution < 1.29 is 52.9 Å². The molecule has 0 fully saturated rings. The molecule has 364 valence electrons. The van der Waals surface area contributed by atoms with Crippen molar-refractivity contribution in [1.29, 1.82) is 0 Å². The molecule has 0 saturated carbocycles. The number of carboxylic acids is 1. The number of aromatic carboxylic acids is 1. The molecule has 0 aromatic heterocycles. The number of rotatable bonds is 18. The Hall–Kier alpha value is -7.01. The van der Waals surface area contributed by atoms with E-state index in [2.05, 4.69) is 24.3 Å². The number of hydrogen-bond donors (Lipinski definition) is 2. The second-order valence-corrected chi connectivity index (χ2v) is 16.6. The highest BCUT2D eigenvalue weighted by molar-refractivity contribution is 5.89. The van der Waals surface area contributed by atoms with Crippen LogP contribution in [0.5, 0.6) is 51.7 Å². The Morgan fingerprint density at radius 2 is 0.652 bits per heavy atom. The fourth-order valence-corrected chi connectivity index (χ4v) is 9.08. The average Bonchev–Trinajstić information content (AvgIpc) is 3.32. The highest BCUT2D eigenvalue weighted by Gasteiger charge is 2.24. The Morgan fingerprint density at radius 3 is 0.928 bits per heavy atom. The summed E-state index contributed by atoms with van der Waals surface area (Å²) in [6.45, 7) is 19.2. The van der Waals surface area contributed by atoms with Crippen LogP contribution in [0, 0.1) is 0 Å². The zero-order valence-electron chi connectivity index (χ0n) is 41.3. The lowest BCUT2D eigenvalue weighted by Gasteiger charge is -2.21. The third-order valence-electron chi connectivity index (χ3n) is 12.0. The minimum Gasteiger partial charge on any atom is -0.508 e. The minimum absolute atomic E-state index is 0.0830. The molecule has 6 aromatic carbocycles. The largest absolute Gasteiger partial charge is 0.508 e. The highest BCUT2D eigenvalue weighted by Crippen LogP contribution is 2.43. The molecular formula is C58H66O11. The van der Waals surface area contributed by atoms with Crippen LogP contribution in [-0.2, 0) is 32.1 Å². The normalized spacial score (nSPS) is 12.1. The number of benzene rings is 6. The molecule has 0 aliphatic heterocycles. The summed E-state index contributed by atoms with van der Waals surface area (Å²) in [5, 5.41) is 22.1. The first-order chi connectivity index (χ1) is 33.5. The predicted molar refractivity (Wildman–Crippen MR) is 270 cm³/mol. The van der Waals surface area contributed by atoms with Crippen molar-refractivity contribution >= 4 is 5.97 Å². The lowest BCUT2D eigenvalue weighted by atomic mass is 9.89. The fraction of sp³-hybridized carbons (Fsp3) is 0.362. The maximum Gasteiger partial charge on any atom is 0.335 e. The summed E-state index contributed by atoms with van der Waals surface area (Å²) in [5.41, 5.74) is 10.2. The van der Waals surface area contributed by atoms with Crippen LogP contribution in [0.25, 0.3) is 11.1 Å². The molecule has 69 heavy (non-hydrogen) atoms. The third kappa shape index (κ3) is 11.6. The monoisotopic (exact) mass is 938 g/mol. The van der Waals surface area contributed by atoms with E-state index in [-0.39, 0.29) is 11.3 Å². The predicted octanol–water partition coefficient (Wildman–Crippen LogP) is 12.2. The average molecular weight is 939 g/mol. The number of aromatic hydroxyl groups is 1. The van der Waals surface area contributed by atoms with Crippen molar-refractivity contribution in [2.24, 2.45) is 0 Å². The molecule has 0 unspecified atom stereocenters. The molecule has 0 saturated heterocycles.